The van der Waals surface area contributed by atoms with E-state index in [9.17, 15) is 9.59 Å². The van der Waals surface area contributed by atoms with Crippen molar-refractivity contribution in [2.75, 3.05) is 28.8 Å². The molecule has 3 rings (SSSR count). The molecule has 36 heavy (non-hydrogen) atoms. The fourth-order valence-electron chi connectivity index (χ4n) is 2.86. The lowest BCUT2D eigenvalue weighted by atomic mass is 10.2. The molecular weight excluding hydrogens is 534 g/mol. The predicted molar refractivity (Wildman–Crippen MR) is 151 cm³/mol. The number of anilines is 3. The van der Waals surface area contributed by atoms with Gasteiger partial charge in [-0.25, -0.2) is 0 Å². The van der Waals surface area contributed by atoms with Gasteiger partial charge in [0.2, 0.25) is 0 Å². The lowest BCUT2D eigenvalue weighted by Gasteiger charge is -2.36. The minimum absolute atomic E-state index is 0.105. The molecule has 12 heteroatoms. The maximum Gasteiger partial charge on any atom is 0.277 e. The van der Waals surface area contributed by atoms with Gasteiger partial charge in [-0.15, -0.1) is 11.3 Å². The third-order valence-electron chi connectivity index (χ3n) is 5.95. The monoisotopic (exact) mass is 561 g/mol. The Balaban J connectivity index is 1.60. The number of carbonyl (C=O) groups is 2. The Kier molecular flexibility index (Phi) is 8.92. The van der Waals surface area contributed by atoms with Crippen LogP contribution in [0.15, 0.2) is 41.8 Å². The first-order valence-electron chi connectivity index (χ1n) is 11.1. The Morgan fingerprint density at radius 2 is 1.83 bits per heavy atom. The van der Waals surface area contributed by atoms with Crippen LogP contribution >= 0.6 is 34.5 Å². The number of rotatable bonds is 9. The average molecular weight is 562 g/mol. The molecule has 0 unspecified atom stereocenters. The highest BCUT2D eigenvalue weighted by molar-refractivity contribution is 7.18. The second-order valence-corrected chi connectivity index (χ2v) is 16.6. The van der Waals surface area contributed by atoms with E-state index in [0.29, 0.717) is 39.4 Å². The van der Waals surface area contributed by atoms with Crippen molar-refractivity contribution in [3.63, 3.8) is 0 Å². The number of thiophene rings is 1. The van der Waals surface area contributed by atoms with Gasteiger partial charge in [0.05, 0.1) is 21.5 Å². The number of amides is 2. The smallest absolute Gasteiger partial charge is 0.277 e. The molecule has 190 valence electrons. The molecule has 0 saturated heterocycles. The van der Waals surface area contributed by atoms with E-state index in [-0.39, 0.29) is 16.6 Å². The fraction of sp³-hybridized carbons (Fsp3) is 0.333. The molecule has 2 heterocycles. The first-order valence-corrected chi connectivity index (χ1v) is 16.1. The molecule has 1 aromatic carbocycles. The summed E-state index contributed by atoms with van der Waals surface area (Å²) in [6.45, 7) is 19.4. The number of hydrogen-bond acceptors (Lipinski definition) is 7. The molecule has 0 saturated carbocycles. The van der Waals surface area contributed by atoms with Crippen molar-refractivity contribution in [1.29, 1.82) is 0 Å². The van der Waals surface area contributed by atoms with E-state index >= 15 is 0 Å². The van der Waals surface area contributed by atoms with Gasteiger partial charge in [-0.3, -0.25) is 9.59 Å². The second-order valence-electron chi connectivity index (χ2n) is 9.47. The number of benzene rings is 1. The number of carbonyl (C=O) groups excluding carboxylic acids is 2. The summed E-state index contributed by atoms with van der Waals surface area (Å²) in [4.78, 5) is 29.3. The minimum Gasteiger partial charge on any atom is -0.415 e. The van der Waals surface area contributed by atoms with Crippen molar-refractivity contribution < 1.29 is 14.0 Å². The van der Waals surface area contributed by atoms with Crippen molar-refractivity contribution >= 4 is 71.7 Å². The topological polar surface area (TPSA) is 87.9 Å². The molecule has 0 spiro atoms. The Morgan fingerprint density at radius 1 is 1.14 bits per heavy atom. The number of aromatic nitrogens is 1. The number of nitrogens with zero attached hydrogens (tertiary/aromatic N) is 3. The predicted octanol–water partition coefficient (Wildman–Crippen LogP) is 7.03. The lowest BCUT2D eigenvalue weighted by Crippen LogP contribution is -2.42. The molecule has 0 radical (unpaired) electrons. The van der Waals surface area contributed by atoms with Gasteiger partial charge >= 0.3 is 0 Å². The first kappa shape index (κ1) is 27.8. The second kappa shape index (κ2) is 11.5. The van der Waals surface area contributed by atoms with Gasteiger partial charge in [-0.05, 0) is 66.1 Å². The van der Waals surface area contributed by atoms with Crippen LogP contribution < -0.4 is 15.6 Å². The van der Waals surface area contributed by atoms with Crippen LogP contribution in [0.4, 0.5) is 17.1 Å². The van der Waals surface area contributed by atoms with E-state index in [0.717, 1.165) is 22.9 Å². The third kappa shape index (κ3) is 6.93. The highest BCUT2D eigenvalue weighted by Gasteiger charge is 2.37. The number of halogens is 1. The van der Waals surface area contributed by atoms with E-state index in [4.69, 9.17) is 22.6 Å². The molecule has 0 aliphatic heterocycles. The summed E-state index contributed by atoms with van der Waals surface area (Å²) in [6.07, 6.45) is 0. The van der Waals surface area contributed by atoms with Gasteiger partial charge in [0.1, 0.15) is 12.2 Å². The highest BCUT2D eigenvalue weighted by Crippen LogP contribution is 2.36. The maximum absolute atomic E-state index is 12.8. The molecule has 0 bridgehead atoms. The summed E-state index contributed by atoms with van der Waals surface area (Å²) in [6, 6.07) is 10.2. The number of hydrogen-bond donors (Lipinski definition) is 2. The lowest BCUT2D eigenvalue weighted by molar-refractivity contribution is 0.102. The minimum atomic E-state index is -1.89. The zero-order valence-electron chi connectivity index (χ0n) is 20.7. The number of nitrogens with one attached hydrogen (secondary N) is 2. The molecular formula is C24H28ClN5O3S2Si. The summed E-state index contributed by atoms with van der Waals surface area (Å²) in [5, 5.41) is 8.75. The molecule has 2 N–H and O–H groups in total. The van der Waals surface area contributed by atoms with Crippen molar-refractivity contribution in [2.24, 2.45) is 0 Å². The largest absolute Gasteiger partial charge is 0.415 e. The van der Waals surface area contributed by atoms with E-state index in [1.807, 2.05) is 0 Å². The zero-order chi connectivity index (χ0) is 26.5. The maximum atomic E-state index is 12.8. The van der Waals surface area contributed by atoms with Crippen LogP contribution in [0.5, 0.6) is 0 Å². The van der Waals surface area contributed by atoms with Crippen LogP contribution in [0.1, 0.15) is 40.9 Å². The molecule has 2 amide bonds. The van der Waals surface area contributed by atoms with E-state index in [1.54, 1.807) is 46.8 Å². The van der Waals surface area contributed by atoms with Crippen LogP contribution in [0.2, 0.25) is 22.5 Å². The summed E-state index contributed by atoms with van der Waals surface area (Å²) in [5.74, 6) is -0.810. The van der Waals surface area contributed by atoms with Crippen LogP contribution in [0.3, 0.4) is 0 Å². The molecule has 8 nitrogen and oxygen atoms in total. The van der Waals surface area contributed by atoms with Gasteiger partial charge in [-0.2, -0.15) is 15.9 Å². The quantitative estimate of drug-likeness (QED) is 0.166. The van der Waals surface area contributed by atoms with Crippen LogP contribution in [-0.4, -0.2) is 37.7 Å². The molecule has 2 aromatic heterocycles. The Hall–Kier alpha value is -2.75. The fourth-order valence-corrected chi connectivity index (χ4v) is 5.45. The van der Waals surface area contributed by atoms with Crippen LogP contribution in [0, 0.1) is 6.57 Å². The summed E-state index contributed by atoms with van der Waals surface area (Å²) >= 11 is 8.12. The first-order chi connectivity index (χ1) is 16.9. The highest BCUT2D eigenvalue weighted by atomic mass is 35.5. The van der Waals surface area contributed by atoms with Crippen molar-refractivity contribution in [1.82, 2.24) is 4.37 Å². The van der Waals surface area contributed by atoms with Gasteiger partial charge in [-0.1, -0.05) is 37.4 Å². The Bertz CT molecular complexity index is 1260. The Morgan fingerprint density at radius 3 is 2.42 bits per heavy atom. The summed E-state index contributed by atoms with van der Waals surface area (Å²) < 4.78 is 10.8. The summed E-state index contributed by atoms with van der Waals surface area (Å²) in [5.41, 5.74) is 1.69. The average Bonchev–Trinajstić information content (AvgIpc) is 3.45. The van der Waals surface area contributed by atoms with Crippen LogP contribution in [-0.2, 0) is 4.43 Å². The molecule has 0 fully saturated rings. The third-order valence-corrected chi connectivity index (χ3v) is 12.3. The molecule has 0 aliphatic carbocycles. The zero-order valence-corrected chi connectivity index (χ0v) is 24.1. The van der Waals surface area contributed by atoms with E-state index in [2.05, 4.69) is 53.8 Å². The van der Waals surface area contributed by atoms with Crippen LogP contribution in [0.25, 0.3) is 4.95 Å². The van der Waals surface area contributed by atoms with Crippen molar-refractivity contribution in [3.8, 4) is 0 Å². The van der Waals surface area contributed by atoms with Crippen molar-refractivity contribution in [3.05, 3.63) is 68.2 Å². The normalized spacial score (nSPS) is 11.6. The van der Waals surface area contributed by atoms with Gasteiger partial charge in [0.15, 0.2) is 14.0 Å². The van der Waals surface area contributed by atoms with Gasteiger partial charge in [0, 0.05) is 11.1 Å². The SMILES string of the molecule is [C-]#[N+]N(CCO[Si](C)(C)C(C)(C)C)c1ccc(NC(=O)c2nscc2NC(=O)c2ccc(Cl)s2)cc1. The molecule has 0 atom stereocenters. The molecule has 0 aliphatic rings. The Labute approximate surface area is 225 Å². The van der Waals surface area contributed by atoms with E-state index < -0.39 is 14.2 Å². The summed E-state index contributed by atoms with van der Waals surface area (Å²) in [7, 11) is -1.89. The van der Waals surface area contributed by atoms with Gasteiger partial charge in [0.25, 0.3) is 11.8 Å². The molecule has 3 aromatic rings. The van der Waals surface area contributed by atoms with E-state index in [1.165, 1.54) is 0 Å². The standard InChI is InChI=1S/C24H28ClN5O3S2Si/c1-24(2,3)36(5,6)33-14-13-30(26-4)17-9-7-16(8-10-17)27-23(32)21-18(15-34-29-21)28-22(31)19-11-12-20(25)35-19/h7-12,15H,13-14H2,1-3,5-6H3,(H,27,32)(H,28,31). The van der Waals surface area contributed by atoms with Crippen molar-refractivity contribution in [2.45, 2.75) is 38.9 Å². The van der Waals surface area contributed by atoms with Gasteiger partial charge < -0.3 is 15.1 Å².